The average molecular weight is 585 g/mol. The number of hydrogen-bond donors (Lipinski definition) is 0. The van der Waals surface area contributed by atoms with Crippen LogP contribution in [0.15, 0.2) is 65.6 Å². The molecular formula is C30H36N2O8S. The molecule has 2 aromatic carbocycles. The van der Waals surface area contributed by atoms with Gasteiger partial charge < -0.3 is 23.7 Å². The van der Waals surface area contributed by atoms with Crippen LogP contribution < -0.4 is 0 Å². The van der Waals surface area contributed by atoms with E-state index in [1.807, 2.05) is 18.2 Å². The first-order chi connectivity index (χ1) is 19.8. The molecule has 7 rings (SSSR count). The van der Waals surface area contributed by atoms with Gasteiger partial charge in [0.25, 0.3) is 10.0 Å². The van der Waals surface area contributed by atoms with E-state index in [1.54, 1.807) is 56.7 Å². The second kappa shape index (κ2) is 10.8. The van der Waals surface area contributed by atoms with Crippen LogP contribution in [-0.2, 0) is 43.9 Å². The fourth-order valence-electron chi connectivity index (χ4n) is 7.20. The molecule has 3 aliphatic heterocycles. The van der Waals surface area contributed by atoms with Gasteiger partial charge in [-0.2, -0.15) is 0 Å². The number of rotatable bonds is 9. The molecule has 1 aromatic heterocycles. The number of nitrogens with zero attached hydrogens (tertiary/aromatic N) is 2. The number of piperidine rings is 2. The molecule has 11 heteroatoms. The van der Waals surface area contributed by atoms with E-state index in [-0.39, 0.29) is 17.1 Å². The first-order valence-corrected chi connectivity index (χ1v) is 15.3. The maximum absolute atomic E-state index is 14.4. The molecular weight excluding hydrogens is 548 g/mol. The SMILES string of the molecule is COC(=O)[C@]1(c2cc3ccccc3n2S(=O)(=O)c2ccccc2)C[C@H]2CN(CCC3OCCO3)[C@@H]1CC2(OC)OC. The molecule has 0 unspecified atom stereocenters. The average Bonchev–Trinajstić information content (AvgIpc) is 3.68. The Morgan fingerprint density at radius 3 is 2.32 bits per heavy atom. The third-order valence-electron chi connectivity index (χ3n) is 9.12. The van der Waals surface area contributed by atoms with Crippen LogP contribution in [0.4, 0.5) is 0 Å². The Kier molecular flexibility index (Phi) is 7.46. The van der Waals surface area contributed by atoms with Crippen molar-refractivity contribution in [2.45, 2.75) is 47.7 Å². The van der Waals surface area contributed by atoms with E-state index in [0.29, 0.717) is 56.8 Å². The van der Waals surface area contributed by atoms with Crippen molar-refractivity contribution >= 4 is 26.9 Å². The Morgan fingerprint density at radius 2 is 1.66 bits per heavy atom. The van der Waals surface area contributed by atoms with Crippen molar-refractivity contribution in [1.82, 2.24) is 8.87 Å². The van der Waals surface area contributed by atoms with Gasteiger partial charge in [-0.05, 0) is 30.7 Å². The van der Waals surface area contributed by atoms with Crippen LogP contribution in [0.25, 0.3) is 10.9 Å². The van der Waals surface area contributed by atoms with Gasteiger partial charge in [-0.25, -0.2) is 12.4 Å². The van der Waals surface area contributed by atoms with Crippen molar-refractivity contribution < 1.29 is 36.9 Å². The third kappa shape index (κ3) is 4.41. The molecule has 220 valence electrons. The molecule has 0 amide bonds. The molecule has 1 aliphatic carbocycles. The summed E-state index contributed by atoms with van der Waals surface area (Å²) < 4.78 is 59.0. The van der Waals surface area contributed by atoms with Crippen molar-refractivity contribution in [3.8, 4) is 0 Å². The minimum atomic E-state index is -4.09. The van der Waals surface area contributed by atoms with Gasteiger partial charge in [0, 0.05) is 57.5 Å². The summed E-state index contributed by atoms with van der Waals surface area (Å²) in [4.78, 5) is 16.5. The fraction of sp³-hybridized carbons (Fsp3) is 0.500. The molecule has 10 nitrogen and oxygen atoms in total. The predicted molar refractivity (Wildman–Crippen MR) is 150 cm³/mol. The normalized spacial score (nSPS) is 26.5. The van der Waals surface area contributed by atoms with E-state index < -0.39 is 33.2 Å². The van der Waals surface area contributed by atoms with Gasteiger partial charge in [-0.1, -0.05) is 36.4 Å². The highest BCUT2D eigenvalue weighted by Gasteiger charge is 2.66. The molecule has 3 atom stereocenters. The Labute approximate surface area is 240 Å². The first-order valence-electron chi connectivity index (χ1n) is 13.9. The summed E-state index contributed by atoms with van der Waals surface area (Å²) in [6.07, 6.45) is 0.930. The molecule has 2 bridgehead atoms. The van der Waals surface area contributed by atoms with E-state index in [9.17, 15) is 13.2 Å². The van der Waals surface area contributed by atoms with E-state index in [2.05, 4.69) is 4.90 Å². The van der Waals surface area contributed by atoms with Gasteiger partial charge >= 0.3 is 5.97 Å². The topological polar surface area (TPSA) is 106 Å². The van der Waals surface area contributed by atoms with Crippen LogP contribution in [0.5, 0.6) is 0 Å². The van der Waals surface area contributed by atoms with Gasteiger partial charge in [0.05, 0.1) is 36.4 Å². The van der Waals surface area contributed by atoms with Crippen molar-refractivity contribution in [2.24, 2.45) is 5.92 Å². The number of benzene rings is 2. The zero-order valence-corrected chi connectivity index (χ0v) is 24.3. The maximum Gasteiger partial charge on any atom is 0.319 e. The van der Waals surface area contributed by atoms with Crippen LogP contribution in [0.2, 0.25) is 0 Å². The van der Waals surface area contributed by atoms with Crippen LogP contribution >= 0.6 is 0 Å². The van der Waals surface area contributed by atoms with E-state index in [0.717, 1.165) is 5.39 Å². The lowest BCUT2D eigenvalue weighted by Crippen LogP contribution is -2.72. The molecule has 4 heterocycles. The number of aromatic nitrogens is 1. The molecule has 41 heavy (non-hydrogen) atoms. The molecule has 0 spiro atoms. The van der Waals surface area contributed by atoms with Crippen molar-refractivity contribution in [3.63, 3.8) is 0 Å². The van der Waals surface area contributed by atoms with E-state index in [4.69, 9.17) is 23.7 Å². The van der Waals surface area contributed by atoms with Gasteiger partial charge in [0.15, 0.2) is 12.1 Å². The number of hydrogen-bond acceptors (Lipinski definition) is 9. The van der Waals surface area contributed by atoms with Crippen LogP contribution in [0.1, 0.15) is 25.0 Å². The Bertz CT molecular complexity index is 1510. The lowest BCUT2D eigenvalue weighted by Gasteiger charge is -2.61. The fourth-order valence-corrected chi connectivity index (χ4v) is 8.81. The summed E-state index contributed by atoms with van der Waals surface area (Å²) in [6.45, 7) is 2.29. The zero-order valence-electron chi connectivity index (χ0n) is 23.5. The highest BCUT2D eigenvalue weighted by Crippen LogP contribution is 2.55. The number of carbonyl (C=O) groups excluding carboxylic acids is 1. The standard InChI is InChI=1S/C30H36N2O8S/c1-36-28(33)29(18-22-20-31(14-13-27-39-15-16-40-27)26(29)19-30(22,37-2)38-3)25-17-21-9-7-8-12-24(21)32(25)41(34,35)23-10-5-4-6-11-23/h4-12,17,22,26-27H,13-16,18-20H2,1-3H3/t22-,26+,29-/m0/s1. The van der Waals surface area contributed by atoms with Crippen LogP contribution in [0.3, 0.4) is 0 Å². The van der Waals surface area contributed by atoms with Crippen molar-refractivity contribution in [3.05, 3.63) is 66.4 Å². The number of methoxy groups -OCH3 is 3. The number of carbonyl (C=O) groups is 1. The number of ether oxygens (including phenoxy) is 5. The summed E-state index contributed by atoms with van der Waals surface area (Å²) in [7, 11) is 0.496. The third-order valence-corrected chi connectivity index (χ3v) is 10.9. The molecule has 1 saturated carbocycles. The van der Waals surface area contributed by atoms with Crippen molar-refractivity contribution in [2.75, 3.05) is 47.6 Å². The summed E-state index contributed by atoms with van der Waals surface area (Å²) in [5, 5.41) is 0.718. The number of para-hydroxylation sites is 1. The quantitative estimate of drug-likeness (QED) is 0.277. The molecule has 0 radical (unpaired) electrons. The lowest BCUT2D eigenvalue weighted by molar-refractivity contribution is -0.297. The van der Waals surface area contributed by atoms with Gasteiger partial charge in [-0.3, -0.25) is 9.69 Å². The molecule has 4 aliphatic rings. The minimum Gasteiger partial charge on any atom is -0.468 e. The maximum atomic E-state index is 14.4. The van der Waals surface area contributed by atoms with Crippen molar-refractivity contribution in [1.29, 1.82) is 0 Å². The summed E-state index contributed by atoms with van der Waals surface area (Å²) in [6, 6.07) is 16.9. The van der Waals surface area contributed by atoms with Crippen LogP contribution in [0, 0.1) is 5.92 Å². The molecule has 3 aromatic rings. The molecule has 3 saturated heterocycles. The molecule has 4 fully saturated rings. The highest BCUT2D eigenvalue weighted by atomic mass is 32.2. The minimum absolute atomic E-state index is 0.138. The Balaban J connectivity index is 1.56. The Morgan fingerprint density at radius 1 is 0.976 bits per heavy atom. The van der Waals surface area contributed by atoms with E-state index in [1.165, 1.54) is 11.1 Å². The van der Waals surface area contributed by atoms with Crippen LogP contribution in [-0.4, -0.2) is 89.0 Å². The zero-order chi connectivity index (χ0) is 28.8. The summed E-state index contributed by atoms with van der Waals surface area (Å²) >= 11 is 0. The smallest absolute Gasteiger partial charge is 0.319 e. The monoisotopic (exact) mass is 584 g/mol. The lowest BCUT2D eigenvalue weighted by atomic mass is 9.58. The first kappa shape index (κ1) is 28.3. The van der Waals surface area contributed by atoms with Gasteiger partial charge in [0.2, 0.25) is 0 Å². The second-order valence-electron chi connectivity index (χ2n) is 10.9. The number of esters is 1. The summed E-state index contributed by atoms with van der Waals surface area (Å²) in [5.41, 5.74) is -0.445. The molecule has 0 N–H and O–H groups in total. The summed E-state index contributed by atoms with van der Waals surface area (Å²) in [5.74, 6) is -1.66. The van der Waals surface area contributed by atoms with Gasteiger partial charge in [-0.15, -0.1) is 0 Å². The number of fused-ring (bicyclic) bond motifs is 4. The van der Waals surface area contributed by atoms with Gasteiger partial charge in [0.1, 0.15) is 5.41 Å². The van der Waals surface area contributed by atoms with E-state index >= 15 is 0 Å². The predicted octanol–water partition coefficient (Wildman–Crippen LogP) is 3.14. The highest BCUT2D eigenvalue weighted by molar-refractivity contribution is 7.90. The largest absolute Gasteiger partial charge is 0.468 e. The second-order valence-corrected chi connectivity index (χ2v) is 12.7. The Hall–Kier alpha value is -2.80.